The maximum absolute atomic E-state index is 5.98. The van der Waals surface area contributed by atoms with Crippen LogP contribution in [0.15, 0.2) is 33.7 Å². The van der Waals surface area contributed by atoms with Crippen LogP contribution in [0.5, 0.6) is 0 Å². The first-order valence-corrected chi connectivity index (χ1v) is 8.98. The van der Waals surface area contributed by atoms with E-state index in [0.29, 0.717) is 19.1 Å². The lowest BCUT2D eigenvalue weighted by atomic mass is 10.1. The third-order valence-electron chi connectivity index (χ3n) is 4.84. The van der Waals surface area contributed by atoms with Crippen LogP contribution in [0.4, 0.5) is 0 Å². The molecule has 136 valence electrons. The summed E-state index contributed by atoms with van der Waals surface area (Å²) in [6, 6.07) is 8.63. The Kier molecular flexibility index (Phi) is 4.36. The van der Waals surface area contributed by atoms with Crippen molar-refractivity contribution in [2.75, 3.05) is 0 Å². The smallest absolute Gasteiger partial charge is 0.192 e. The van der Waals surface area contributed by atoms with E-state index in [9.17, 15) is 0 Å². The van der Waals surface area contributed by atoms with Crippen LogP contribution in [0.3, 0.4) is 0 Å². The molecule has 2 aromatic heterocycles. The number of aromatic nitrogens is 3. The molecule has 1 aromatic carbocycles. The summed E-state index contributed by atoms with van der Waals surface area (Å²) in [7, 11) is 1.96. The average Bonchev–Trinajstić information content (AvgIpc) is 3.34. The highest BCUT2D eigenvalue weighted by Gasteiger charge is 2.22. The average molecular weight is 352 g/mol. The van der Waals surface area contributed by atoms with Crippen LogP contribution in [-0.2, 0) is 20.1 Å². The normalized spacial score (nSPS) is 14.8. The highest BCUT2D eigenvalue weighted by Crippen LogP contribution is 2.24. The van der Waals surface area contributed by atoms with Gasteiger partial charge in [0.15, 0.2) is 11.8 Å². The molecule has 0 spiro atoms. The summed E-state index contributed by atoms with van der Waals surface area (Å²) < 4.78 is 7.94. The molecule has 1 aliphatic rings. The Morgan fingerprint density at radius 2 is 2.08 bits per heavy atom. The number of para-hydroxylation sites is 1. The van der Waals surface area contributed by atoms with Gasteiger partial charge in [0.1, 0.15) is 23.7 Å². The van der Waals surface area contributed by atoms with Gasteiger partial charge in [0, 0.05) is 24.0 Å². The minimum Gasteiger partial charge on any atom is -0.459 e. The Labute approximate surface area is 152 Å². The summed E-state index contributed by atoms with van der Waals surface area (Å²) in [6.07, 6.45) is 2.38. The van der Waals surface area contributed by atoms with Crippen molar-refractivity contribution >= 4 is 16.9 Å². The summed E-state index contributed by atoms with van der Waals surface area (Å²) in [5.41, 5.74) is 2.09. The van der Waals surface area contributed by atoms with Crippen molar-refractivity contribution < 1.29 is 4.42 Å². The lowest BCUT2D eigenvalue weighted by Gasteiger charge is -2.11. The van der Waals surface area contributed by atoms with Crippen LogP contribution < -0.4 is 10.6 Å². The van der Waals surface area contributed by atoms with Crippen molar-refractivity contribution in [2.24, 2.45) is 12.0 Å². The number of nitrogens with zero attached hydrogens (tertiary/aromatic N) is 4. The predicted molar refractivity (Wildman–Crippen MR) is 101 cm³/mol. The van der Waals surface area contributed by atoms with Gasteiger partial charge in [0.25, 0.3) is 0 Å². The largest absolute Gasteiger partial charge is 0.459 e. The van der Waals surface area contributed by atoms with E-state index in [4.69, 9.17) is 4.42 Å². The van der Waals surface area contributed by atoms with Crippen molar-refractivity contribution in [3.8, 4) is 0 Å². The van der Waals surface area contributed by atoms with Gasteiger partial charge in [0.2, 0.25) is 0 Å². The zero-order valence-corrected chi connectivity index (χ0v) is 15.4. The van der Waals surface area contributed by atoms with Crippen LogP contribution >= 0.6 is 0 Å². The van der Waals surface area contributed by atoms with Gasteiger partial charge in [-0.1, -0.05) is 18.2 Å². The fourth-order valence-corrected chi connectivity index (χ4v) is 2.87. The lowest BCUT2D eigenvalue weighted by Crippen LogP contribution is -2.38. The van der Waals surface area contributed by atoms with Gasteiger partial charge >= 0.3 is 0 Å². The number of guanidine groups is 1. The van der Waals surface area contributed by atoms with Gasteiger partial charge < -0.3 is 19.6 Å². The third-order valence-corrected chi connectivity index (χ3v) is 4.84. The molecule has 7 nitrogen and oxygen atoms in total. The zero-order valence-electron chi connectivity index (χ0n) is 15.4. The molecule has 0 amide bonds. The van der Waals surface area contributed by atoms with Gasteiger partial charge in [-0.2, -0.15) is 0 Å². The van der Waals surface area contributed by atoms with Gasteiger partial charge in [-0.3, -0.25) is 0 Å². The standard InChI is InChI=1S/C19H24N6O/c1-12-15-6-4-5-7-16(15)26-17(12)10-20-19(22-14-8-9-14)21-11-18-24-23-13(2)25(18)3/h4-7,14H,8-11H2,1-3H3,(H2,20,21,22). The SMILES string of the molecule is Cc1c(CNC(=NCc2nnc(C)n2C)NC2CC2)oc2ccccc12. The van der Waals surface area contributed by atoms with E-state index in [2.05, 4.69) is 38.8 Å². The molecular weight excluding hydrogens is 328 g/mol. The van der Waals surface area contributed by atoms with Crippen LogP contribution in [0, 0.1) is 13.8 Å². The number of hydrogen-bond acceptors (Lipinski definition) is 4. The maximum Gasteiger partial charge on any atom is 0.192 e. The molecule has 0 bridgehead atoms. The number of aryl methyl sites for hydroxylation is 2. The number of benzene rings is 1. The molecule has 0 atom stereocenters. The van der Waals surface area contributed by atoms with Crippen molar-refractivity contribution in [1.29, 1.82) is 0 Å². The summed E-state index contributed by atoms with van der Waals surface area (Å²) in [5.74, 6) is 3.45. The van der Waals surface area contributed by atoms with E-state index in [1.165, 1.54) is 18.4 Å². The number of hydrogen-bond donors (Lipinski definition) is 2. The number of aliphatic imine (C=N–C) groups is 1. The zero-order chi connectivity index (χ0) is 18.1. The summed E-state index contributed by atoms with van der Waals surface area (Å²) in [6.45, 7) is 5.11. The van der Waals surface area contributed by atoms with Crippen LogP contribution in [-0.4, -0.2) is 26.8 Å². The van der Waals surface area contributed by atoms with Crippen LogP contribution in [0.1, 0.15) is 35.8 Å². The van der Waals surface area contributed by atoms with Crippen molar-refractivity contribution in [3.63, 3.8) is 0 Å². The Hall–Kier alpha value is -2.83. The van der Waals surface area contributed by atoms with E-state index >= 15 is 0 Å². The van der Waals surface area contributed by atoms with Gasteiger partial charge in [-0.05, 0) is 32.8 Å². The summed E-state index contributed by atoms with van der Waals surface area (Å²) >= 11 is 0. The number of furan rings is 1. The van der Waals surface area contributed by atoms with E-state index in [-0.39, 0.29) is 0 Å². The molecular formula is C19H24N6O. The molecule has 26 heavy (non-hydrogen) atoms. The first-order valence-electron chi connectivity index (χ1n) is 8.98. The molecule has 4 rings (SSSR count). The molecule has 1 fully saturated rings. The molecule has 2 heterocycles. The Bertz CT molecular complexity index is 950. The van der Waals surface area contributed by atoms with E-state index in [1.54, 1.807) is 0 Å². The second-order valence-electron chi connectivity index (χ2n) is 6.81. The molecule has 0 radical (unpaired) electrons. The Morgan fingerprint density at radius 1 is 1.27 bits per heavy atom. The topological polar surface area (TPSA) is 80.3 Å². The quantitative estimate of drug-likeness (QED) is 0.545. The minimum absolute atomic E-state index is 0.485. The Balaban J connectivity index is 1.48. The van der Waals surface area contributed by atoms with Gasteiger partial charge in [0.05, 0.1) is 6.54 Å². The minimum atomic E-state index is 0.485. The number of rotatable bonds is 5. The van der Waals surface area contributed by atoms with E-state index in [1.807, 2.05) is 36.7 Å². The van der Waals surface area contributed by atoms with Crippen LogP contribution in [0.2, 0.25) is 0 Å². The van der Waals surface area contributed by atoms with Crippen molar-refractivity contribution in [3.05, 3.63) is 47.2 Å². The summed E-state index contributed by atoms with van der Waals surface area (Å²) in [4.78, 5) is 4.68. The molecule has 3 aromatic rings. The number of nitrogens with one attached hydrogen (secondary N) is 2. The van der Waals surface area contributed by atoms with Crippen molar-refractivity contribution in [2.45, 2.75) is 45.8 Å². The van der Waals surface area contributed by atoms with Gasteiger partial charge in [-0.25, -0.2) is 4.99 Å². The predicted octanol–water partition coefficient (Wildman–Crippen LogP) is 2.58. The molecule has 1 aliphatic carbocycles. The molecule has 0 unspecified atom stereocenters. The molecule has 2 N–H and O–H groups in total. The maximum atomic E-state index is 5.98. The molecule has 0 aliphatic heterocycles. The highest BCUT2D eigenvalue weighted by molar-refractivity contribution is 5.83. The second-order valence-corrected chi connectivity index (χ2v) is 6.81. The first-order chi connectivity index (χ1) is 12.6. The highest BCUT2D eigenvalue weighted by atomic mass is 16.3. The third kappa shape index (κ3) is 3.42. The van der Waals surface area contributed by atoms with E-state index in [0.717, 1.165) is 34.3 Å². The number of fused-ring (bicyclic) bond motifs is 1. The van der Waals surface area contributed by atoms with Crippen molar-refractivity contribution in [1.82, 2.24) is 25.4 Å². The molecule has 7 heteroatoms. The monoisotopic (exact) mass is 352 g/mol. The first kappa shape index (κ1) is 16.6. The van der Waals surface area contributed by atoms with Gasteiger partial charge in [-0.15, -0.1) is 10.2 Å². The second kappa shape index (κ2) is 6.82. The fourth-order valence-electron chi connectivity index (χ4n) is 2.87. The lowest BCUT2D eigenvalue weighted by molar-refractivity contribution is 0.534. The fraction of sp³-hybridized carbons (Fsp3) is 0.421. The molecule has 1 saturated carbocycles. The summed E-state index contributed by atoms with van der Waals surface area (Å²) in [5, 5.41) is 16.3. The Morgan fingerprint density at radius 3 is 2.77 bits per heavy atom. The van der Waals surface area contributed by atoms with Crippen LogP contribution in [0.25, 0.3) is 11.0 Å². The molecule has 0 saturated heterocycles. The van der Waals surface area contributed by atoms with E-state index < -0.39 is 0 Å².